The van der Waals surface area contributed by atoms with E-state index in [2.05, 4.69) is 21.3 Å². The quantitative estimate of drug-likeness (QED) is 0.654. The van der Waals surface area contributed by atoms with E-state index in [-0.39, 0.29) is 10.8 Å². The third-order valence-electron chi connectivity index (χ3n) is 5.77. The molecule has 0 spiro atoms. The van der Waals surface area contributed by atoms with Gasteiger partial charge in [0.25, 0.3) is 5.91 Å². The van der Waals surface area contributed by atoms with Crippen molar-refractivity contribution in [1.29, 1.82) is 5.26 Å². The molecule has 1 aromatic heterocycles. The maximum atomic E-state index is 13.2. The Kier molecular flexibility index (Phi) is 5.80. The summed E-state index contributed by atoms with van der Waals surface area (Å²) in [7, 11) is -3.52. The first-order valence-electron chi connectivity index (χ1n) is 10.3. The molecular formula is C23H23N5O3S. The van der Waals surface area contributed by atoms with E-state index in [1.165, 1.54) is 11.6 Å². The Morgan fingerprint density at radius 3 is 2.38 bits per heavy atom. The number of likely N-dealkylation sites (tertiary alicyclic amines) is 1. The fourth-order valence-electron chi connectivity index (χ4n) is 4.07. The maximum Gasteiger partial charge on any atom is 0.253 e. The minimum absolute atomic E-state index is 0.102. The highest BCUT2D eigenvalue weighted by molar-refractivity contribution is 7.90. The van der Waals surface area contributed by atoms with Gasteiger partial charge in [-0.1, -0.05) is 12.1 Å². The molecule has 1 aliphatic rings. The SMILES string of the molecule is Cc1nnc(-c2cc(C(=O)N3CCC(c4ccc(C#N)cc4)CC3)ccc2S(C)(=O)=O)[nH]1. The molecule has 1 amide bonds. The number of hydrogen-bond acceptors (Lipinski definition) is 6. The van der Waals surface area contributed by atoms with Crippen LogP contribution < -0.4 is 0 Å². The van der Waals surface area contributed by atoms with E-state index in [9.17, 15) is 13.2 Å². The molecule has 0 saturated carbocycles. The molecule has 1 saturated heterocycles. The fraction of sp³-hybridized carbons (Fsp3) is 0.304. The maximum absolute atomic E-state index is 13.2. The average Bonchev–Trinajstić information content (AvgIpc) is 3.24. The summed E-state index contributed by atoms with van der Waals surface area (Å²) in [5.41, 5.74) is 2.57. The highest BCUT2D eigenvalue weighted by atomic mass is 32.2. The number of sulfone groups is 1. The van der Waals surface area contributed by atoms with Crippen molar-refractivity contribution in [2.75, 3.05) is 19.3 Å². The predicted molar refractivity (Wildman–Crippen MR) is 119 cm³/mol. The van der Waals surface area contributed by atoms with E-state index in [1.807, 2.05) is 24.3 Å². The zero-order valence-corrected chi connectivity index (χ0v) is 18.7. The molecule has 1 N–H and O–H groups in total. The Hall–Kier alpha value is -3.51. The lowest BCUT2D eigenvalue weighted by molar-refractivity contribution is 0.0713. The van der Waals surface area contributed by atoms with Crippen LogP contribution in [-0.4, -0.2) is 53.8 Å². The van der Waals surface area contributed by atoms with Gasteiger partial charge in [0.1, 0.15) is 5.82 Å². The van der Waals surface area contributed by atoms with Crippen molar-refractivity contribution in [1.82, 2.24) is 20.1 Å². The fourth-order valence-corrected chi connectivity index (χ4v) is 4.94. The van der Waals surface area contributed by atoms with E-state index in [4.69, 9.17) is 5.26 Å². The molecule has 0 unspecified atom stereocenters. The zero-order valence-electron chi connectivity index (χ0n) is 17.9. The van der Waals surface area contributed by atoms with Gasteiger partial charge in [0.05, 0.1) is 16.5 Å². The number of piperidine rings is 1. The van der Waals surface area contributed by atoms with E-state index < -0.39 is 9.84 Å². The van der Waals surface area contributed by atoms with Crippen LogP contribution in [0.1, 0.15) is 46.1 Å². The van der Waals surface area contributed by atoms with Gasteiger partial charge >= 0.3 is 0 Å². The van der Waals surface area contributed by atoms with Crippen molar-refractivity contribution in [2.45, 2.75) is 30.6 Å². The average molecular weight is 450 g/mol. The summed E-state index contributed by atoms with van der Waals surface area (Å²) < 4.78 is 24.5. The number of nitrogens with zero attached hydrogens (tertiary/aromatic N) is 4. The van der Waals surface area contributed by atoms with Gasteiger partial charge in [0.15, 0.2) is 15.7 Å². The molecule has 0 radical (unpaired) electrons. The molecule has 0 aliphatic carbocycles. The summed E-state index contributed by atoms with van der Waals surface area (Å²) in [6.45, 7) is 2.94. The van der Waals surface area contributed by atoms with Gasteiger partial charge in [-0.05, 0) is 61.6 Å². The van der Waals surface area contributed by atoms with Crippen molar-refractivity contribution >= 4 is 15.7 Å². The van der Waals surface area contributed by atoms with Gasteiger partial charge in [-0.2, -0.15) is 5.26 Å². The van der Waals surface area contributed by atoms with Gasteiger partial charge in [-0.25, -0.2) is 8.42 Å². The summed E-state index contributed by atoms with van der Waals surface area (Å²) in [5.74, 6) is 1.08. The topological polar surface area (TPSA) is 120 Å². The van der Waals surface area contributed by atoms with Crippen LogP contribution in [0.25, 0.3) is 11.4 Å². The summed E-state index contributed by atoms with van der Waals surface area (Å²) in [5, 5.41) is 16.9. The molecule has 1 fully saturated rings. The molecular weight excluding hydrogens is 426 g/mol. The standard InChI is InChI=1S/C23H23N5O3S/c1-15-25-22(27-26-15)20-13-19(7-8-21(20)32(2,30)31)23(29)28-11-9-18(10-12-28)17-5-3-16(14-24)4-6-17/h3-8,13,18H,9-12H2,1-2H3,(H,25,26,27). The number of aryl methyl sites for hydroxylation is 1. The third kappa shape index (κ3) is 4.41. The molecule has 32 heavy (non-hydrogen) atoms. The zero-order chi connectivity index (χ0) is 22.9. The number of carbonyl (C=O) groups is 1. The number of nitrogens with one attached hydrogen (secondary N) is 1. The van der Waals surface area contributed by atoms with Gasteiger partial charge in [-0.15, -0.1) is 10.2 Å². The van der Waals surface area contributed by atoms with Crippen molar-refractivity contribution in [3.05, 3.63) is 65.0 Å². The summed E-state index contributed by atoms with van der Waals surface area (Å²) in [4.78, 5) is 18.0. The monoisotopic (exact) mass is 449 g/mol. The van der Waals surface area contributed by atoms with E-state index >= 15 is 0 Å². The second kappa shape index (κ2) is 8.55. The Bertz CT molecular complexity index is 1300. The number of aromatic nitrogens is 3. The number of benzene rings is 2. The second-order valence-electron chi connectivity index (χ2n) is 8.04. The van der Waals surface area contributed by atoms with Gasteiger partial charge < -0.3 is 9.88 Å². The van der Waals surface area contributed by atoms with Crippen LogP contribution in [-0.2, 0) is 9.84 Å². The number of H-pyrrole nitrogens is 1. The number of nitriles is 1. The molecule has 3 aromatic rings. The highest BCUT2D eigenvalue weighted by Crippen LogP contribution is 2.30. The second-order valence-corrected chi connectivity index (χ2v) is 10.0. The lowest BCUT2D eigenvalue weighted by Gasteiger charge is -2.32. The van der Waals surface area contributed by atoms with E-state index in [0.717, 1.165) is 19.1 Å². The number of aromatic amines is 1. The first-order chi connectivity index (χ1) is 15.3. The number of rotatable bonds is 4. The Labute approximate surface area is 186 Å². The van der Waals surface area contributed by atoms with E-state index in [1.54, 1.807) is 24.0 Å². The first-order valence-corrected chi connectivity index (χ1v) is 12.2. The van der Waals surface area contributed by atoms with Crippen molar-refractivity contribution in [2.24, 2.45) is 0 Å². The molecule has 1 aliphatic heterocycles. The van der Waals surface area contributed by atoms with Gasteiger partial charge in [-0.3, -0.25) is 4.79 Å². The van der Waals surface area contributed by atoms with E-state index in [0.29, 0.717) is 47.3 Å². The van der Waals surface area contributed by atoms with Gasteiger partial charge in [0.2, 0.25) is 0 Å². The minimum Gasteiger partial charge on any atom is -0.339 e. The van der Waals surface area contributed by atoms with Crippen LogP contribution >= 0.6 is 0 Å². The molecule has 8 nitrogen and oxygen atoms in total. The Morgan fingerprint density at radius 2 is 1.81 bits per heavy atom. The lowest BCUT2D eigenvalue weighted by atomic mass is 9.89. The molecule has 164 valence electrons. The number of hydrogen-bond donors (Lipinski definition) is 1. The molecule has 2 aromatic carbocycles. The number of amides is 1. The summed E-state index contributed by atoms with van der Waals surface area (Å²) in [6.07, 6.45) is 2.78. The van der Waals surface area contributed by atoms with Crippen LogP contribution in [0.2, 0.25) is 0 Å². The van der Waals surface area contributed by atoms with Crippen LogP contribution in [0.3, 0.4) is 0 Å². The van der Waals surface area contributed by atoms with Crippen LogP contribution in [0.15, 0.2) is 47.4 Å². The van der Waals surface area contributed by atoms with Crippen LogP contribution in [0, 0.1) is 18.3 Å². The molecule has 4 rings (SSSR count). The van der Waals surface area contributed by atoms with Crippen LogP contribution in [0.4, 0.5) is 0 Å². The summed E-state index contributed by atoms with van der Waals surface area (Å²) in [6, 6.07) is 14.3. The molecule has 0 bridgehead atoms. The Balaban J connectivity index is 1.54. The van der Waals surface area contributed by atoms with Gasteiger partial charge in [0, 0.05) is 30.5 Å². The van der Waals surface area contributed by atoms with Crippen LogP contribution in [0.5, 0.6) is 0 Å². The third-order valence-corrected chi connectivity index (χ3v) is 6.93. The predicted octanol–water partition coefficient (Wildman–Crippen LogP) is 3.08. The van der Waals surface area contributed by atoms with Crippen molar-refractivity contribution in [3.8, 4) is 17.5 Å². The smallest absolute Gasteiger partial charge is 0.253 e. The highest BCUT2D eigenvalue weighted by Gasteiger charge is 2.26. The first kappa shape index (κ1) is 21.7. The summed E-state index contributed by atoms with van der Waals surface area (Å²) >= 11 is 0. The number of carbonyl (C=O) groups excluding carboxylic acids is 1. The molecule has 0 atom stereocenters. The minimum atomic E-state index is -3.52. The van der Waals surface area contributed by atoms with Crippen molar-refractivity contribution < 1.29 is 13.2 Å². The largest absolute Gasteiger partial charge is 0.339 e. The lowest BCUT2D eigenvalue weighted by Crippen LogP contribution is -2.38. The van der Waals surface area contributed by atoms with Crippen molar-refractivity contribution in [3.63, 3.8) is 0 Å². The normalized spacial score (nSPS) is 14.8. The molecule has 2 heterocycles. The molecule has 9 heteroatoms. The Morgan fingerprint density at radius 1 is 1.12 bits per heavy atom.